The van der Waals surface area contributed by atoms with Gasteiger partial charge < -0.3 is 20.4 Å². The summed E-state index contributed by atoms with van der Waals surface area (Å²) in [7, 11) is 0. The zero-order chi connectivity index (χ0) is 14.5. The molecule has 0 aliphatic heterocycles. The summed E-state index contributed by atoms with van der Waals surface area (Å²) < 4.78 is 0. The van der Waals surface area contributed by atoms with Gasteiger partial charge in [0.2, 0.25) is 0 Å². The lowest BCUT2D eigenvalue weighted by Crippen LogP contribution is -1.84. The molecule has 2 rings (SSSR count). The van der Waals surface area contributed by atoms with Crippen LogP contribution in [0, 0.1) is 0 Å². The topological polar surface area (TPSA) is 106 Å². The second-order valence-electron chi connectivity index (χ2n) is 3.92. The van der Waals surface area contributed by atoms with E-state index in [1.807, 2.05) is 0 Å². The third kappa shape index (κ3) is 2.86. The van der Waals surface area contributed by atoms with Crippen LogP contribution in [0.5, 0.6) is 23.0 Å². The Bertz CT molecular complexity index is 621. The summed E-state index contributed by atoms with van der Waals surface area (Å²) in [4.78, 5) is 0. The molecule has 6 heteroatoms. The van der Waals surface area contributed by atoms with Crippen LogP contribution in [-0.4, -0.2) is 32.9 Å². The van der Waals surface area contributed by atoms with Gasteiger partial charge in [-0.25, -0.2) is 0 Å². The molecule has 0 atom stereocenters. The van der Waals surface area contributed by atoms with E-state index in [0.29, 0.717) is 11.1 Å². The molecule has 102 valence electrons. The van der Waals surface area contributed by atoms with Crippen LogP contribution >= 0.6 is 0 Å². The maximum absolute atomic E-state index is 9.53. The number of rotatable bonds is 3. The predicted octanol–water partition coefficient (Wildman–Crippen LogP) is 1.96. The molecule has 2 aromatic carbocycles. The monoisotopic (exact) mass is 272 g/mol. The molecule has 0 unspecified atom stereocenters. The van der Waals surface area contributed by atoms with Crippen molar-refractivity contribution in [3.63, 3.8) is 0 Å². The summed E-state index contributed by atoms with van der Waals surface area (Å²) >= 11 is 0. The molecule has 0 saturated carbocycles. The highest BCUT2D eigenvalue weighted by atomic mass is 16.3. The third-order valence-corrected chi connectivity index (χ3v) is 2.55. The van der Waals surface area contributed by atoms with Crippen molar-refractivity contribution in [3.8, 4) is 23.0 Å². The molecule has 4 N–H and O–H groups in total. The van der Waals surface area contributed by atoms with Crippen LogP contribution in [0.25, 0.3) is 0 Å². The van der Waals surface area contributed by atoms with Crippen LogP contribution in [0.3, 0.4) is 0 Å². The van der Waals surface area contributed by atoms with Crippen LogP contribution in [0.4, 0.5) is 0 Å². The van der Waals surface area contributed by atoms with Gasteiger partial charge in [-0.1, -0.05) is 12.1 Å². The van der Waals surface area contributed by atoms with Gasteiger partial charge in [0.1, 0.15) is 0 Å². The van der Waals surface area contributed by atoms with Gasteiger partial charge in [-0.3, -0.25) is 0 Å². The molecule has 0 bridgehead atoms. The third-order valence-electron chi connectivity index (χ3n) is 2.55. The van der Waals surface area contributed by atoms with Crippen molar-refractivity contribution in [1.29, 1.82) is 0 Å². The first-order chi connectivity index (χ1) is 9.59. The first-order valence-corrected chi connectivity index (χ1v) is 5.68. The number of para-hydroxylation sites is 2. The molecule has 0 radical (unpaired) electrons. The summed E-state index contributed by atoms with van der Waals surface area (Å²) in [5, 5.41) is 45.0. The van der Waals surface area contributed by atoms with Gasteiger partial charge in [-0.15, -0.1) is 0 Å². The van der Waals surface area contributed by atoms with Crippen molar-refractivity contribution < 1.29 is 20.4 Å². The number of benzene rings is 2. The number of hydrogen-bond acceptors (Lipinski definition) is 6. The van der Waals surface area contributed by atoms with Crippen molar-refractivity contribution in [3.05, 3.63) is 47.5 Å². The van der Waals surface area contributed by atoms with Crippen LogP contribution in [0.2, 0.25) is 0 Å². The van der Waals surface area contributed by atoms with Crippen LogP contribution in [0.1, 0.15) is 11.1 Å². The number of phenols is 4. The largest absolute Gasteiger partial charge is 0.504 e. The first-order valence-electron chi connectivity index (χ1n) is 5.68. The molecule has 0 saturated heterocycles. The SMILES string of the molecule is Oc1cccc(/C=N\N=C\c2cccc(O)c2O)c1O. The summed E-state index contributed by atoms with van der Waals surface area (Å²) in [5.41, 5.74) is 0.615. The van der Waals surface area contributed by atoms with Gasteiger partial charge >= 0.3 is 0 Å². The fraction of sp³-hybridized carbons (Fsp3) is 0. The number of phenolic OH excluding ortho intramolecular Hbond substituents is 4. The van der Waals surface area contributed by atoms with E-state index in [-0.39, 0.29) is 23.0 Å². The molecule has 6 nitrogen and oxygen atoms in total. The van der Waals surface area contributed by atoms with E-state index in [2.05, 4.69) is 10.2 Å². The summed E-state index contributed by atoms with van der Waals surface area (Å²) in [6.07, 6.45) is 2.51. The van der Waals surface area contributed by atoms with Gasteiger partial charge in [0.15, 0.2) is 23.0 Å². The van der Waals surface area contributed by atoms with E-state index < -0.39 is 0 Å². The van der Waals surface area contributed by atoms with E-state index in [1.54, 1.807) is 24.3 Å². The van der Waals surface area contributed by atoms with Crippen LogP contribution in [0.15, 0.2) is 46.6 Å². The molecule has 0 fully saturated rings. The van der Waals surface area contributed by atoms with Crippen molar-refractivity contribution >= 4 is 12.4 Å². The van der Waals surface area contributed by atoms with E-state index in [1.165, 1.54) is 24.6 Å². The Hall–Kier alpha value is -3.02. The van der Waals surface area contributed by atoms with Gasteiger partial charge in [0.25, 0.3) is 0 Å². The molecule has 0 aliphatic carbocycles. The zero-order valence-electron chi connectivity index (χ0n) is 10.3. The Balaban J connectivity index is 2.15. The smallest absolute Gasteiger partial charge is 0.166 e. The second kappa shape index (κ2) is 5.75. The summed E-state index contributed by atoms with van der Waals surface area (Å²) in [6, 6.07) is 8.92. The van der Waals surface area contributed by atoms with Gasteiger partial charge in [-0.2, -0.15) is 10.2 Å². The normalized spacial score (nSPS) is 11.4. The second-order valence-corrected chi connectivity index (χ2v) is 3.92. The molecular formula is C14H12N2O4. The molecule has 0 spiro atoms. The zero-order valence-corrected chi connectivity index (χ0v) is 10.3. The molecule has 0 heterocycles. The lowest BCUT2D eigenvalue weighted by molar-refractivity contribution is 0.403. The molecule has 0 amide bonds. The van der Waals surface area contributed by atoms with Gasteiger partial charge in [-0.05, 0) is 24.3 Å². The van der Waals surface area contributed by atoms with Crippen molar-refractivity contribution in [1.82, 2.24) is 0 Å². The summed E-state index contributed by atoms with van der Waals surface area (Å²) in [5.74, 6) is -1.06. The lowest BCUT2D eigenvalue weighted by Gasteiger charge is -2.00. The van der Waals surface area contributed by atoms with E-state index in [4.69, 9.17) is 0 Å². The van der Waals surface area contributed by atoms with Crippen molar-refractivity contribution in [2.75, 3.05) is 0 Å². The minimum atomic E-state index is -0.286. The molecule has 20 heavy (non-hydrogen) atoms. The Morgan fingerprint density at radius 3 is 1.45 bits per heavy atom. The molecule has 2 aromatic rings. The minimum absolute atomic E-state index is 0.247. The fourth-order valence-corrected chi connectivity index (χ4v) is 1.50. The Kier molecular flexibility index (Phi) is 3.85. The molecule has 0 aliphatic rings. The quantitative estimate of drug-likeness (QED) is 0.389. The maximum Gasteiger partial charge on any atom is 0.166 e. The van der Waals surface area contributed by atoms with Gasteiger partial charge in [0, 0.05) is 11.1 Å². The highest BCUT2D eigenvalue weighted by Crippen LogP contribution is 2.27. The summed E-state index contributed by atoms with van der Waals surface area (Å²) in [6.45, 7) is 0. The standard InChI is InChI=1S/C14H12N2O4/c17-11-5-1-3-9(13(11)19)7-15-16-8-10-4-2-6-12(18)14(10)20/h1-8,17-20H/b15-7-,16-8+. The lowest BCUT2D eigenvalue weighted by atomic mass is 10.2. The van der Waals surface area contributed by atoms with Gasteiger partial charge in [0.05, 0.1) is 12.4 Å². The first kappa shape index (κ1) is 13.4. The maximum atomic E-state index is 9.53. The fourth-order valence-electron chi connectivity index (χ4n) is 1.50. The Labute approximate surface area is 114 Å². The van der Waals surface area contributed by atoms with Crippen LogP contribution < -0.4 is 0 Å². The average molecular weight is 272 g/mol. The molecular weight excluding hydrogens is 260 g/mol. The van der Waals surface area contributed by atoms with E-state index >= 15 is 0 Å². The number of nitrogens with zero attached hydrogens (tertiary/aromatic N) is 2. The number of aromatic hydroxyl groups is 4. The average Bonchev–Trinajstić information content (AvgIpc) is 2.43. The Morgan fingerprint density at radius 1 is 0.650 bits per heavy atom. The van der Waals surface area contributed by atoms with E-state index in [9.17, 15) is 20.4 Å². The minimum Gasteiger partial charge on any atom is -0.504 e. The highest BCUT2D eigenvalue weighted by Gasteiger charge is 2.03. The van der Waals surface area contributed by atoms with Crippen molar-refractivity contribution in [2.24, 2.45) is 10.2 Å². The number of hydrogen-bond donors (Lipinski definition) is 4. The Morgan fingerprint density at radius 2 is 1.05 bits per heavy atom. The predicted molar refractivity (Wildman–Crippen MR) is 74.7 cm³/mol. The molecule has 0 aromatic heterocycles. The van der Waals surface area contributed by atoms with Crippen molar-refractivity contribution in [2.45, 2.75) is 0 Å². The van der Waals surface area contributed by atoms with Crippen LogP contribution in [-0.2, 0) is 0 Å². The van der Waals surface area contributed by atoms with E-state index in [0.717, 1.165) is 0 Å². The highest BCUT2D eigenvalue weighted by molar-refractivity contribution is 5.87.